The Bertz CT molecular complexity index is 638. The van der Waals surface area contributed by atoms with Crippen molar-refractivity contribution in [1.82, 2.24) is 9.78 Å². The number of hydrogen-bond acceptors (Lipinski definition) is 3. The van der Waals surface area contributed by atoms with Crippen LogP contribution >= 0.6 is 23.2 Å². The van der Waals surface area contributed by atoms with Gasteiger partial charge in [0.05, 0.1) is 16.4 Å². The summed E-state index contributed by atoms with van der Waals surface area (Å²) in [5.41, 5.74) is 8.50. The summed E-state index contributed by atoms with van der Waals surface area (Å²) in [6, 6.07) is 5.28. The average molecular weight is 328 g/mol. The van der Waals surface area contributed by atoms with Gasteiger partial charge in [0, 0.05) is 23.2 Å². The summed E-state index contributed by atoms with van der Waals surface area (Å²) in [6.07, 6.45) is 0. The van der Waals surface area contributed by atoms with Gasteiger partial charge in [-0.2, -0.15) is 5.10 Å². The molecule has 114 valence electrons. The molecule has 21 heavy (non-hydrogen) atoms. The predicted octanol–water partition coefficient (Wildman–Crippen LogP) is 4.12. The van der Waals surface area contributed by atoms with Crippen LogP contribution in [0.5, 0.6) is 5.75 Å². The number of ether oxygens (including phenoxy) is 1. The number of nitrogens with two attached hydrogens (primary N) is 1. The van der Waals surface area contributed by atoms with Crippen LogP contribution in [0.3, 0.4) is 0 Å². The fraction of sp³-hybridized carbons (Fsp3) is 0.400. The lowest BCUT2D eigenvalue weighted by Crippen LogP contribution is -2.10. The second-order valence-electron chi connectivity index (χ2n) is 4.92. The molecule has 0 aliphatic rings. The van der Waals surface area contributed by atoms with Gasteiger partial charge in [0.1, 0.15) is 12.4 Å². The minimum atomic E-state index is -0.160. The summed E-state index contributed by atoms with van der Waals surface area (Å²) in [4.78, 5) is 0. The predicted molar refractivity (Wildman–Crippen MR) is 86.0 cm³/mol. The van der Waals surface area contributed by atoms with Crippen LogP contribution in [-0.2, 0) is 13.2 Å². The number of nitrogens with zero attached hydrogens (tertiary/aromatic N) is 2. The third-order valence-corrected chi connectivity index (χ3v) is 4.01. The van der Waals surface area contributed by atoms with E-state index in [1.165, 1.54) is 0 Å². The summed E-state index contributed by atoms with van der Waals surface area (Å²) in [7, 11) is 0. The number of hydrogen-bond donors (Lipinski definition) is 1. The summed E-state index contributed by atoms with van der Waals surface area (Å²) in [5.74, 6) is 0.715. The minimum Gasteiger partial charge on any atom is -0.487 e. The lowest BCUT2D eigenvalue weighted by atomic mass is 10.1. The molecule has 1 unspecified atom stereocenters. The Morgan fingerprint density at radius 1 is 1.38 bits per heavy atom. The molecule has 0 saturated heterocycles. The lowest BCUT2D eigenvalue weighted by Gasteiger charge is -2.15. The summed E-state index contributed by atoms with van der Waals surface area (Å²) in [6.45, 7) is 6.88. The molecule has 2 rings (SSSR count). The number of halogens is 2. The Morgan fingerprint density at radius 3 is 2.71 bits per heavy atom. The maximum Gasteiger partial charge on any atom is 0.131 e. The zero-order chi connectivity index (χ0) is 15.6. The molecule has 1 aromatic carbocycles. The summed E-state index contributed by atoms with van der Waals surface area (Å²) < 4.78 is 7.74. The van der Waals surface area contributed by atoms with Crippen LogP contribution in [0.25, 0.3) is 0 Å². The van der Waals surface area contributed by atoms with Gasteiger partial charge < -0.3 is 10.5 Å². The van der Waals surface area contributed by atoms with Gasteiger partial charge in [-0.15, -0.1) is 0 Å². The molecule has 2 N–H and O–H groups in total. The number of benzene rings is 1. The van der Waals surface area contributed by atoms with E-state index < -0.39 is 0 Å². The normalized spacial score (nSPS) is 12.5. The lowest BCUT2D eigenvalue weighted by molar-refractivity contribution is 0.288. The standard InChI is InChI=1S/C15H19Cl2N3O/c1-4-20-13(15(17)10(3)19-20)8-21-14-6-5-11(16)7-12(14)9(2)18/h5-7,9H,4,8,18H2,1-3H3. The van der Waals surface area contributed by atoms with E-state index in [0.717, 1.165) is 23.5 Å². The zero-order valence-corrected chi connectivity index (χ0v) is 13.9. The van der Waals surface area contributed by atoms with E-state index >= 15 is 0 Å². The maximum absolute atomic E-state index is 6.28. The molecule has 1 heterocycles. The highest BCUT2D eigenvalue weighted by molar-refractivity contribution is 6.31. The van der Waals surface area contributed by atoms with Gasteiger partial charge in [0.15, 0.2) is 0 Å². The molecular weight excluding hydrogens is 309 g/mol. The second-order valence-corrected chi connectivity index (χ2v) is 5.74. The highest BCUT2D eigenvalue weighted by atomic mass is 35.5. The SMILES string of the molecule is CCn1nc(C)c(Cl)c1COc1ccc(Cl)cc1C(C)N. The fourth-order valence-electron chi connectivity index (χ4n) is 2.16. The van der Waals surface area contributed by atoms with Gasteiger partial charge in [-0.3, -0.25) is 4.68 Å². The highest BCUT2D eigenvalue weighted by Gasteiger charge is 2.15. The molecule has 1 atom stereocenters. The van der Waals surface area contributed by atoms with E-state index in [0.29, 0.717) is 22.4 Å². The minimum absolute atomic E-state index is 0.160. The van der Waals surface area contributed by atoms with Gasteiger partial charge in [-0.05, 0) is 39.0 Å². The van der Waals surface area contributed by atoms with Gasteiger partial charge in [-0.25, -0.2) is 0 Å². The third-order valence-electron chi connectivity index (χ3n) is 3.28. The molecule has 0 bridgehead atoms. The van der Waals surface area contributed by atoms with E-state index in [2.05, 4.69) is 5.10 Å². The van der Waals surface area contributed by atoms with Crippen molar-refractivity contribution < 1.29 is 4.74 Å². The number of aromatic nitrogens is 2. The van der Waals surface area contributed by atoms with Gasteiger partial charge in [0.2, 0.25) is 0 Å². The van der Waals surface area contributed by atoms with Gasteiger partial charge >= 0.3 is 0 Å². The first-order chi connectivity index (χ1) is 9.93. The van der Waals surface area contributed by atoms with E-state index in [4.69, 9.17) is 33.7 Å². The zero-order valence-electron chi connectivity index (χ0n) is 12.4. The Hall–Kier alpha value is -1.23. The van der Waals surface area contributed by atoms with E-state index in [9.17, 15) is 0 Å². The van der Waals surface area contributed by atoms with Crippen molar-refractivity contribution in [3.05, 3.63) is 45.2 Å². The molecule has 0 aliphatic carbocycles. The van der Waals surface area contributed by atoms with Crippen molar-refractivity contribution in [3.63, 3.8) is 0 Å². The Morgan fingerprint density at radius 2 is 2.10 bits per heavy atom. The van der Waals surface area contributed by atoms with Crippen LogP contribution < -0.4 is 10.5 Å². The monoisotopic (exact) mass is 327 g/mol. The highest BCUT2D eigenvalue weighted by Crippen LogP contribution is 2.29. The molecule has 6 heteroatoms. The Kier molecular flexibility index (Phi) is 5.14. The van der Waals surface area contributed by atoms with Crippen molar-refractivity contribution in [2.75, 3.05) is 0 Å². The number of rotatable bonds is 5. The van der Waals surface area contributed by atoms with Crippen molar-refractivity contribution in [3.8, 4) is 5.75 Å². The van der Waals surface area contributed by atoms with Gasteiger partial charge in [0.25, 0.3) is 0 Å². The van der Waals surface area contributed by atoms with Crippen LogP contribution in [0, 0.1) is 6.92 Å². The molecular formula is C15H19Cl2N3O. The molecule has 0 aliphatic heterocycles. The number of aryl methyl sites for hydroxylation is 2. The molecule has 0 spiro atoms. The largest absolute Gasteiger partial charge is 0.487 e. The molecule has 0 radical (unpaired) electrons. The van der Waals surface area contributed by atoms with E-state index in [-0.39, 0.29) is 6.04 Å². The van der Waals surface area contributed by atoms with Crippen molar-refractivity contribution in [2.45, 2.75) is 40.0 Å². The average Bonchev–Trinajstić information content (AvgIpc) is 2.72. The van der Waals surface area contributed by atoms with Crippen LogP contribution in [-0.4, -0.2) is 9.78 Å². The van der Waals surface area contributed by atoms with E-state index in [1.54, 1.807) is 6.07 Å². The summed E-state index contributed by atoms with van der Waals surface area (Å²) in [5, 5.41) is 5.66. The molecule has 1 aromatic heterocycles. The fourth-order valence-corrected chi connectivity index (χ4v) is 2.53. The molecule has 0 amide bonds. The first-order valence-electron chi connectivity index (χ1n) is 6.83. The second kappa shape index (κ2) is 6.69. The van der Waals surface area contributed by atoms with Crippen LogP contribution in [0.1, 0.15) is 36.8 Å². The molecule has 2 aromatic rings. The first kappa shape index (κ1) is 16.1. The Balaban J connectivity index is 2.25. The van der Waals surface area contributed by atoms with E-state index in [1.807, 2.05) is 37.6 Å². The third kappa shape index (κ3) is 3.51. The van der Waals surface area contributed by atoms with Crippen molar-refractivity contribution >= 4 is 23.2 Å². The smallest absolute Gasteiger partial charge is 0.131 e. The van der Waals surface area contributed by atoms with Crippen LogP contribution in [0.15, 0.2) is 18.2 Å². The quantitative estimate of drug-likeness (QED) is 0.898. The maximum atomic E-state index is 6.28. The van der Waals surface area contributed by atoms with Crippen LogP contribution in [0.4, 0.5) is 0 Å². The topological polar surface area (TPSA) is 53.1 Å². The summed E-state index contributed by atoms with van der Waals surface area (Å²) >= 11 is 12.3. The van der Waals surface area contributed by atoms with Crippen molar-refractivity contribution in [1.29, 1.82) is 0 Å². The molecule has 0 saturated carbocycles. The molecule has 4 nitrogen and oxygen atoms in total. The molecule has 0 fully saturated rings. The van der Waals surface area contributed by atoms with Crippen molar-refractivity contribution in [2.24, 2.45) is 5.73 Å². The first-order valence-corrected chi connectivity index (χ1v) is 7.59. The van der Waals surface area contributed by atoms with Crippen LogP contribution in [0.2, 0.25) is 10.0 Å². The van der Waals surface area contributed by atoms with Gasteiger partial charge in [-0.1, -0.05) is 23.2 Å². The Labute approximate surface area is 134 Å².